The number of aromatic nitrogens is 1. The number of hydrogen-bond acceptors (Lipinski definition) is 3. The van der Waals surface area contributed by atoms with E-state index >= 15 is 0 Å². The predicted molar refractivity (Wildman–Crippen MR) is 63.2 cm³/mol. The van der Waals surface area contributed by atoms with Crippen LogP contribution in [0.15, 0.2) is 34.7 Å². The molecule has 1 aromatic heterocycles. The summed E-state index contributed by atoms with van der Waals surface area (Å²) in [7, 11) is 0. The second kappa shape index (κ2) is 4.11. The molecule has 0 spiro atoms. The van der Waals surface area contributed by atoms with Gasteiger partial charge in [-0.15, -0.1) is 0 Å². The van der Waals surface area contributed by atoms with Gasteiger partial charge < -0.3 is 4.42 Å². The van der Waals surface area contributed by atoms with Crippen LogP contribution in [0.25, 0.3) is 0 Å². The first kappa shape index (κ1) is 10.3. The number of rotatable bonds is 2. The van der Waals surface area contributed by atoms with E-state index < -0.39 is 0 Å². The maximum Gasteiger partial charge on any atom is 0.191 e. The van der Waals surface area contributed by atoms with Gasteiger partial charge in [0.25, 0.3) is 0 Å². The molecule has 0 saturated carbocycles. The molecule has 2 aromatic rings. The Morgan fingerprint density at radius 1 is 1.20 bits per heavy atom. The molecule has 78 valence electrons. The summed E-state index contributed by atoms with van der Waals surface area (Å²) < 4.78 is 5.54. The highest BCUT2D eigenvalue weighted by atomic mass is 32.1. The number of thiol groups is 1. The van der Waals surface area contributed by atoms with Gasteiger partial charge in [0.15, 0.2) is 5.89 Å². The van der Waals surface area contributed by atoms with Crippen molar-refractivity contribution in [2.75, 3.05) is 0 Å². The first-order chi connectivity index (χ1) is 7.18. The van der Waals surface area contributed by atoms with Crippen molar-refractivity contribution in [3.05, 3.63) is 53.2 Å². The molecule has 1 atom stereocenters. The summed E-state index contributed by atoms with van der Waals surface area (Å²) in [5.74, 6) is 1.53. The Hall–Kier alpha value is -1.22. The van der Waals surface area contributed by atoms with Gasteiger partial charge in [0.2, 0.25) is 0 Å². The van der Waals surface area contributed by atoms with Crippen molar-refractivity contribution in [2.24, 2.45) is 0 Å². The van der Waals surface area contributed by atoms with Gasteiger partial charge in [-0.3, -0.25) is 0 Å². The largest absolute Gasteiger partial charge is 0.444 e. The molecule has 3 heteroatoms. The standard InChI is InChI=1S/C12H13NOS/c1-8-11(14-9(2)13-8)12(15)10-6-4-3-5-7-10/h3-7,12,15H,1-2H3. The summed E-state index contributed by atoms with van der Waals surface area (Å²) in [5.41, 5.74) is 2.04. The zero-order valence-electron chi connectivity index (χ0n) is 8.77. The molecule has 0 radical (unpaired) electrons. The lowest BCUT2D eigenvalue weighted by Gasteiger charge is -2.08. The zero-order chi connectivity index (χ0) is 10.8. The van der Waals surface area contributed by atoms with E-state index in [-0.39, 0.29) is 5.25 Å². The van der Waals surface area contributed by atoms with Crippen LogP contribution in [0.4, 0.5) is 0 Å². The number of oxazole rings is 1. The lowest BCUT2D eigenvalue weighted by Crippen LogP contribution is -1.93. The average Bonchev–Trinajstić information content (AvgIpc) is 2.58. The molecule has 15 heavy (non-hydrogen) atoms. The topological polar surface area (TPSA) is 26.0 Å². The van der Waals surface area contributed by atoms with Gasteiger partial charge >= 0.3 is 0 Å². The van der Waals surface area contributed by atoms with Crippen molar-refractivity contribution < 1.29 is 4.42 Å². The normalized spacial score (nSPS) is 12.7. The lowest BCUT2D eigenvalue weighted by atomic mass is 10.1. The van der Waals surface area contributed by atoms with Crippen LogP contribution < -0.4 is 0 Å². The summed E-state index contributed by atoms with van der Waals surface area (Å²) in [6, 6.07) is 10.1. The van der Waals surface area contributed by atoms with Crippen LogP contribution in [-0.2, 0) is 0 Å². The number of nitrogens with zero attached hydrogens (tertiary/aromatic N) is 1. The SMILES string of the molecule is Cc1nc(C)c(C(S)c2ccccc2)o1. The quantitative estimate of drug-likeness (QED) is 0.784. The third kappa shape index (κ3) is 2.07. The minimum atomic E-state index is -0.0348. The highest BCUT2D eigenvalue weighted by molar-refractivity contribution is 7.80. The van der Waals surface area contributed by atoms with E-state index in [1.165, 1.54) is 0 Å². The van der Waals surface area contributed by atoms with Gasteiger partial charge in [-0.05, 0) is 12.5 Å². The third-order valence-electron chi connectivity index (χ3n) is 2.30. The molecule has 1 aromatic carbocycles. The summed E-state index contributed by atoms with van der Waals surface area (Å²) in [6.45, 7) is 3.79. The highest BCUT2D eigenvalue weighted by Gasteiger charge is 2.16. The molecule has 0 fully saturated rings. The first-order valence-electron chi connectivity index (χ1n) is 4.85. The molecule has 0 saturated heterocycles. The Kier molecular flexibility index (Phi) is 2.82. The van der Waals surface area contributed by atoms with Crippen LogP contribution in [0.3, 0.4) is 0 Å². The Morgan fingerprint density at radius 3 is 2.40 bits per heavy atom. The number of aryl methyl sites for hydroxylation is 2. The molecule has 0 N–H and O–H groups in total. The van der Waals surface area contributed by atoms with Crippen molar-refractivity contribution in [1.29, 1.82) is 0 Å². The van der Waals surface area contributed by atoms with Crippen LogP contribution in [0.5, 0.6) is 0 Å². The predicted octanol–water partition coefficient (Wildman–Crippen LogP) is 3.31. The first-order valence-corrected chi connectivity index (χ1v) is 5.37. The monoisotopic (exact) mass is 219 g/mol. The molecule has 0 aliphatic rings. The molecule has 1 heterocycles. The van der Waals surface area contributed by atoms with E-state index in [0.717, 1.165) is 17.0 Å². The van der Waals surface area contributed by atoms with Gasteiger partial charge in [-0.2, -0.15) is 12.6 Å². The van der Waals surface area contributed by atoms with Crippen molar-refractivity contribution in [1.82, 2.24) is 4.98 Å². The van der Waals surface area contributed by atoms with E-state index in [1.54, 1.807) is 0 Å². The summed E-state index contributed by atoms with van der Waals surface area (Å²) in [6.07, 6.45) is 0. The molecule has 1 unspecified atom stereocenters. The highest BCUT2D eigenvalue weighted by Crippen LogP contribution is 2.30. The average molecular weight is 219 g/mol. The fourth-order valence-corrected chi connectivity index (χ4v) is 2.00. The number of hydrogen-bond donors (Lipinski definition) is 1. The van der Waals surface area contributed by atoms with E-state index in [0.29, 0.717) is 5.89 Å². The van der Waals surface area contributed by atoms with Crippen LogP contribution in [-0.4, -0.2) is 4.98 Å². The van der Waals surface area contributed by atoms with Crippen molar-refractivity contribution >= 4 is 12.6 Å². The molecule has 2 rings (SSSR count). The Morgan fingerprint density at radius 2 is 1.87 bits per heavy atom. The Bertz CT molecular complexity index is 450. The fraction of sp³-hybridized carbons (Fsp3) is 0.250. The van der Waals surface area contributed by atoms with E-state index in [9.17, 15) is 0 Å². The van der Waals surface area contributed by atoms with E-state index in [4.69, 9.17) is 4.42 Å². The Labute approximate surface area is 94.8 Å². The van der Waals surface area contributed by atoms with Gasteiger partial charge in [-0.25, -0.2) is 4.98 Å². The second-order valence-corrected chi connectivity index (χ2v) is 4.01. The van der Waals surface area contributed by atoms with Crippen LogP contribution in [0.1, 0.15) is 28.2 Å². The molecule has 0 aliphatic heterocycles. The third-order valence-corrected chi connectivity index (χ3v) is 2.84. The van der Waals surface area contributed by atoms with Gasteiger partial charge in [0.05, 0.1) is 10.9 Å². The van der Waals surface area contributed by atoms with Crippen molar-refractivity contribution in [3.63, 3.8) is 0 Å². The van der Waals surface area contributed by atoms with Gasteiger partial charge in [0, 0.05) is 6.92 Å². The second-order valence-electron chi connectivity index (χ2n) is 3.50. The Balaban J connectivity index is 2.36. The minimum absolute atomic E-state index is 0.0348. The van der Waals surface area contributed by atoms with Crippen molar-refractivity contribution in [2.45, 2.75) is 19.1 Å². The maximum absolute atomic E-state index is 5.54. The maximum atomic E-state index is 5.54. The van der Waals surface area contributed by atoms with Crippen molar-refractivity contribution in [3.8, 4) is 0 Å². The molecule has 2 nitrogen and oxygen atoms in total. The molecule has 0 amide bonds. The van der Waals surface area contributed by atoms with Crippen LogP contribution in [0, 0.1) is 13.8 Å². The van der Waals surface area contributed by atoms with Gasteiger partial charge in [-0.1, -0.05) is 30.3 Å². The fourth-order valence-electron chi connectivity index (χ4n) is 1.59. The summed E-state index contributed by atoms with van der Waals surface area (Å²) in [5, 5.41) is -0.0348. The zero-order valence-corrected chi connectivity index (χ0v) is 9.66. The molecule has 0 bridgehead atoms. The summed E-state index contributed by atoms with van der Waals surface area (Å²) in [4.78, 5) is 4.24. The molecular weight excluding hydrogens is 206 g/mol. The van der Waals surface area contributed by atoms with E-state index in [1.807, 2.05) is 44.2 Å². The minimum Gasteiger partial charge on any atom is -0.444 e. The van der Waals surface area contributed by atoms with Crippen LogP contribution in [0.2, 0.25) is 0 Å². The smallest absolute Gasteiger partial charge is 0.191 e. The number of benzene rings is 1. The molecule has 0 aliphatic carbocycles. The van der Waals surface area contributed by atoms with Gasteiger partial charge in [0.1, 0.15) is 5.76 Å². The molecular formula is C12H13NOS. The van der Waals surface area contributed by atoms with E-state index in [2.05, 4.69) is 17.6 Å². The van der Waals surface area contributed by atoms with Crippen LogP contribution >= 0.6 is 12.6 Å². The summed E-state index contributed by atoms with van der Waals surface area (Å²) >= 11 is 4.56. The lowest BCUT2D eigenvalue weighted by molar-refractivity contribution is 0.481.